The quantitative estimate of drug-likeness (QED) is 0.516. The van der Waals surface area contributed by atoms with Crippen molar-refractivity contribution in [1.82, 2.24) is 15.8 Å². The molecule has 2 heterocycles. The zero-order chi connectivity index (χ0) is 7.68. The largest absolute Gasteiger partial charge is 0.328 e. The number of hydrogen-bond acceptors (Lipinski definition) is 3. The number of likely N-dealkylation sites (tertiary alicyclic amines) is 1. The minimum atomic E-state index is 0.597. The van der Waals surface area contributed by atoms with E-state index in [0.717, 1.165) is 6.54 Å². The van der Waals surface area contributed by atoms with Gasteiger partial charge in [-0.15, -0.1) is 0 Å². The molecule has 1 saturated heterocycles. The molecule has 0 saturated carbocycles. The molecule has 0 aromatic carbocycles. The fraction of sp³-hybridized carbons (Fsp3) is 0.750. The predicted molar refractivity (Wildman–Crippen MR) is 44.9 cm³/mol. The fourth-order valence-corrected chi connectivity index (χ4v) is 1.80. The lowest BCUT2D eigenvalue weighted by Crippen LogP contribution is -2.32. The Morgan fingerprint density at radius 2 is 2.55 bits per heavy atom. The Kier molecular flexibility index (Phi) is 1.84. The van der Waals surface area contributed by atoms with Crippen LogP contribution in [0, 0.1) is 0 Å². The topological polar surface area (TPSA) is 27.3 Å². The van der Waals surface area contributed by atoms with Crippen molar-refractivity contribution in [1.29, 1.82) is 0 Å². The van der Waals surface area contributed by atoms with Crippen LogP contribution in [-0.4, -0.2) is 31.1 Å². The second-order valence-electron chi connectivity index (χ2n) is 3.44. The van der Waals surface area contributed by atoms with E-state index in [1.165, 1.54) is 25.0 Å². The van der Waals surface area contributed by atoms with Crippen LogP contribution in [0.1, 0.15) is 12.8 Å². The summed E-state index contributed by atoms with van der Waals surface area (Å²) in [5.74, 6) is 0. The maximum absolute atomic E-state index is 3.25. The monoisotopic (exact) mass is 153 g/mol. The highest BCUT2D eigenvalue weighted by atomic mass is 15.4. The Hall–Kier alpha value is -0.540. The number of hydrogen-bond donors (Lipinski definition) is 2. The van der Waals surface area contributed by atoms with Crippen LogP contribution in [0.4, 0.5) is 0 Å². The summed E-state index contributed by atoms with van der Waals surface area (Å²) < 4.78 is 0. The molecule has 1 atom stereocenters. The number of nitrogens with zero attached hydrogens (tertiary/aromatic N) is 1. The van der Waals surface area contributed by atoms with Gasteiger partial charge in [0.25, 0.3) is 0 Å². The van der Waals surface area contributed by atoms with Crippen LogP contribution in [0.25, 0.3) is 0 Å². The Morgan fingerprint density at radius 3 is 3.45 bits per heavy atom. The van der Waals surface area contributed by atoms with Gasteiger partial charge in [0.2, 0.25) is 0 Å². The Bertz CT molecular complexity index is 176. The van der Waals surface area contributed by atoms with Crippen LogP contribution in [-0.2, 0) is 0 Å². The van der Waals surface area contributed by atoms with Crippen molar-refractivity contribution in [2.75, 3.05) is 20.1 Å². The van der Waals surface area contributed by atoms with Gasteiger partial charge in [0.05, 0.1) is 0 Å². The summed E-state index contributed by atoms with van der Waals surface area (Å²) in [7, 11) is 2.18. The van der Waals surface area contributed by atoms with Gasteiger partial charge >= 0.3 is 0 Å². The van der Waals surface area contributed by atoms with Crippen LogP contribution in [0.3, 0.4) is 0 Å². The van der Waals surface area contributed by atoms with E-state index in [4.69, 9.17) is 0 Å². The number of fused-ring (bicyclic) bond motifs is 1. The molecule has 11 heavy (non-hydrogen) atoms. The number of likely N-dealkylation sites (N-methyl/N-ethyl adjacent to an activating group) is 1. The van der Waals surface area contributed by atoms with E-state index in [1.807, 2.05) is 0 Å². The van der Waals surface area contributed by atoms with E-state index in [9.17, 15) is 0 Å². The molecule has 3 nitrogen and oxygen atoms in total. The van der Waals surface area contributed by atoms with Gasteiger partial charge in [-0.05, 0) is 32.0 Å². The van der Waals surface area contributed by atoms with Crippen molar-refractivity contribution in [2.45, 2.75) is 18.9 Å². The lowest BCUT2D eigenvalue weighted by Gasteiger charge is -2.13. The molecule has 2 N–H and O–H groups in total. The SMILES string of the molecule is CN1CCCC2NNC=C2C1. The number of hydrazine groups is 1. The molecule has 1 fully saturated rings. The standard InChI is InChI=1S/C8H15N3/c1-11-4-2-3-8-7(6-11)5-9-10-8/h5,8-10H,2-4,6H2,1H3. The number of rotatable bonds is 0. The first-order chi connectivity index (χ1) is 5.36. The van der Waals surface area contributed by atoms with E-state index >= 15 is 0 Å². The molecule has 0 aromatic heterocycles. The molecular weight excluding hydrogens is 138 g/mol. The highest BCUT2D eigenvalue weighted by Crippen LogP contribution is 2.16. The molecule has 62 valence electrons. The first kappa shape index (κ1) is 7.13. The number of nitrogens with one attached hydrogen (secondary N) is 2. The van der Waals surface area contributed by atoms with E-state index in [2.05, 4.69) is 29.0 Å². The predicted octanol–water partition coefficient (Wildman–Crippen LogP) is 0.0723. The van der Waals surface area contributed by atoms with Crippen LogP contribution < -0.4 is 10.9 Å². The van der Waals surface area contributed by atoms with Gasteiger partial charge in [0.1, 0.15) is 0 Å². The molecule has 2 aliphatic heterocycles. The summed E-state index contributed by atoms with van der Waals surface area (Å²) in [4.78, 5) is 2.38. The van der Waals surface area contributed by atoms with Crippen molar-refractivity contribution in [3.05, 3.63) is 11.8 Å². The summed E-state index contributed by atoms with van der Waals surface area (Å²) in [6, 6.07) is 0.597. The lowest BCUT2D eigenvalue weighted by atomic mass is 10.1. The van der Waals surface area contributed by atoms with Crippen molar-refractivity contribution in [3.63, 3.8) is 0 Å². The first-order valence-electron chi connectivity index (χ1n) is 4.25. The highest BCUT2D eigenvalue weighted by Gasteiger charge is 2.22. The maximum atomic E-state index is 3.25. The van der Waals surface area contributed by atoms with E-state index in [1.54, 1.807) is 0 Å². The van der Waals surface area contributed by atoms with E-state index < -0.39 is 0 Å². The lowest BCUT2D eigenvalue weighted by molar-refractivity contribution is 0.370. The van der Waals surface area contributed by atoms with E-state index in [-0.39, 0.29) is 0 Å². The average Bonchev–Trinajstić information content (AvgIpc) is 2.31. The Balaban J connectivity index is 2.07. The van der Waals surface area contributed by atoms with Crippen LogP contribution >= 0.6 is 0 Å². The Morgan fingerprint density at radius 1 is 1.64 bits per heavy atom. The van der Waals surface area contributed by atoms with Gasteiger partial charge in [-0.25, -0.2) is 5.43 Å². The summed E-state index contributed by atoms with van der Waals surface area (Å²) in [5.41, 5.74) is 7.83. The minimum Gasteiger partial charge on any atom is -0.328 e. The molecule has 0 spiro atoms. The molecule has 0 radical (unpaired) electrons. The molecule has 0 aliphatic carbocycles. The summed E-state index contributed by atoms with van der Waals surface area (Å²) >= 11 is 0. The molecule has 1 unspecified atom stereocenters. The second kappa shape index (κ2) is 2.83. The molecule has 3 heteroatoms. The second-order valence-corrected chi connectivity index (χ2v) is 3.44. The van der Waals surface area contributed by atoms with Crippen molar-refractivity contribution in [2.24, 2.45) is 0 Å². The smallest absolute Gasteiger partial charge is 0.0500 e. The maximum Gasteiger partial charge on any atom is 0.0500 e. The van der Waals surface area contributed by atoms with Gasteiger partial charge in [0.15, 0.2) is 0 Å². The van der Waals surface area contributed by atoms with Crippen LogP contribution in [0.5, 0.6) is 0 Å². The van der Waals surface area contributed by atoms with Crippen LogP contribution in [0.15, 0.2) is 11.8 Å². The van der Waals surface area contributed by atoms with Crippen molar-refractivity contribution in [3.8, 4) is 0 Å². The molecule has 0 bridgehead atoms. The Labute approximate surface area is 67.4 Å². The zero-order valence-corrected chi connectivity index (χ0v) is 6.93. The molecule has 2 rings (SSSR count). The van der Waals surface area contributed by atoms with Crippen molar-refractivity contribution < 1.29 is 0 Å². The molecule has 0 amide bonds. The third kappa shape index (κ3) is 1.39. The fourth-order valence-electron chi connectivity index (χ4n) is 1.80. The van der Waals surface area contributed by atoms with Gasteiger partial charge < -0.3 is 10.3 Å². The summed E-state index contributed by atoms with van der Waals surface area (Å²) in [5, 5.41) is 0. The third-order valence-corrected chi connectivity index (χ3v) is 2.45. The van der Waals surface area contributed by atoms with Gasteiger partial charge in [-0.1, -0.05) is 0 Å². The molecule has 2 aliphatic rings. The average molecular weight is 153 g/mol. The van der Waals surface area contributed by atoms with E-state index in [0.29, 0.717) is 6.04 Å². The van der Waals surface area contributed by atoms with Crippen molar-refractivity contribution >= 4 is 0 Å². The minimum absolute atomic E-state index is 0.597. The van der Waals surface area contributed by atoms with Crippen LogP contribution in [0.2, 0.25) is 0 Å². The molecule has 0 aromatic rings. The molecular formula is C8H15N3. The van der Waals surface area contributed by atoms with Gasteiger partial charge in [-0.2, -0.15) is 0 Å². The highest BCUT2D eigenvalue weighted by molar-refractivity contribution is 5.16. The third-order valence-electron chi connectivity index (χ3n) is 2.45. The zero-order valence-electron chi connectivity index (χ0n) is 6.93. The summed E-state index contributed by atoms with van der Waals surface area (Å²) in [6.07, 6.45) is 4.67. The summed E-state index contributed by atoms with van der Waals surface area (Å²) in [6.45, 7) is 2.35. The van der Waals surface area contributed by atoms with Gasteiger partial charge in [0, 0.05) is 18.8 Å². The normalized spacial score (nSPS) is 32.1. The van der Waals surface area contributed by atoms with Gasteiger partial charge in [-0.3, -0.25) is 0 Å². The first-order valence-corrected chi connectivity index (χ1v) is 4.25.